The molecule has 1 aliphatic heterocycles. The Bertz CT molecular complexity index is 572. The van der Waals surface area contributed by atoms with Crippen molar-refractivity contribution in [2.75, 3.05) is 13.1 Å². The third-order valence-electron chi connectivity index (χ3n) is 3.08. The van der Waals surface area contributed by atoms with E-state index in [0.29, 0.717) is 30.8 Å². The number of hydrogen-bond donors (Lipinski definition) is 0. The van der Waals surface area contributed by atoms with Gasteiger partial charge in [0, 0.05) is 18.7 Å². The smallest absolute Gasteiger partial charge is 0.410 e. The monoisotopic (exact) mass is 303 g/mol. The van der Waals surface area contributed by atoms with Crippen LogP contribution in [0, 0.1) is 0 Å². The normalized spacial score (nSPS) is 15.0. The van der Waals surface area contributed by atoms with Crippen molar-refractivity contribution in [2.45, 2.75) is 32.8 Å². The van der Waals surface area contributed by atoms with Gasteiger partial charge in [-0.2, -0.15) is 0 Å². The van der Waals surface area contributed by atoms with Gasteiger partial charge in [-0.3, -0.25) is 0 Å². The summed E-state index contributed by atoms with van der Waals surface area (Å²) in [6.07, 6.45) is 1.82. The Hall–Kier alpha value is -2.30. The summed E-state index contributed by atoms with van der Waals surface area (Å²) in [6, 6.07) is 8.93. The van der Waals surface area contributed by atoms with E-state index in [9.17, 15) is 9.59 Å². The molecule has 0 N–H and O–H groups in total. The van der Waals surface area contributed by atoms with Gasteiger partial charge in [-0.1, -0.05) is 24.3 Å². The molecule has 0 spiro atoms. The molecule has 1 aromatic carbocycles. The molecule has 5 nitrogen and oxygen atoms in total. The van der Waals surface area contributed by atoms with Crippen molar-refractivity contribution in [3.8, 4) is 5.75 Å². The lowest BCUT2D eigenvalue weighted by molar-refractivity contribution is -0.130. The molecule has 2 rings (SSSR count). The zero-order valence-corrected chi connectivity index (χ0v) is 13.2. The average Bonchev–Trinajstić information content (AvgIpc) is 2.46. The first-order valence-electron chi connectivity index (χ1n) is 7.29. The van der Waals surface area contributed by atoms with Crippen molar-refractivity contribution < 1.29 is 19.1 Å². The minimum atomic E-state index is -0.521. The average molecular weight is 303 g/mol. The molecule has 1 amide bonds. The highest BCUT2D eigenvalue weighted by Crippen LogP contribution is 2.18. The first kappa shape index (κ1) is 16.1. The van der Waals surface area contributed by atoms with Gasteiger partial charge in [-0.15, -0.1) is 0 Å². The lowest BCUT2D eigenvalue weighted by atomic mass is 10.1. The first-order valence-corrected chi connectivity index (χ1v) is 7.29. The highest BCUT2D eigenvalue weighted by atomic mass is 16.6. The summed E-state index contributed by atoms with van der Waals surface area (Å²) in [7, 11) is 0. The zero-order valence-electron chi connectivity index (χ0n) is 13.2. The Morgan fingerprint density at radius 2 is 1.82 bits per heavy atom. The summed E-state index contributed by atoms with van der Waals surface area (Å²) >= 11 is 0. The topological polar surface area (TPSA) is 55.8 Å². The van der Waals surface area contributed by atoms with Crippen molar-refractivity contribution in [3.63, 3.8) is 0 Å². The van der Waals surface area contributed by atoms with E-state index in [0.717, 1.165) is 0 Å². The second-order valence-corrected chi connectivity index (χ2v) is 6.11. The number of ether oxygens (including phenoxy) is 2. The van der Waals surface area contributed by atoms with E-state index in [4.69, 9.17) is 9.47 Å². The van der Waals surface area contributed by atoms with Gasteiger partial charge in [0.25, 0.3) is 0 Å². The Labute approximate surface area is 130 Å². The molecule has 0 aliphatic carbocycles. The van der Waals surface area contributed by atoms with E-state index in [1.54, 1.807) is 23.1 Å². The summed E-state index contributed by atoms with van der Waals surface area (Å²) in [5, 5.41) is 0. The molecule has 0 atom stereocenters. The van der Waals surface area contributed by atoms with Gasteiger partial charge in [0.05, 0.1) is 0 Å². The number of esters is 1. The molecule has 0 saturated heterocycles. The minimum Gasteiger partial charge on any atom is -0.444 e. The number of hydrogen-bond acceptors (Lipinski definition) is 4. The van der Waals surface area contributed by atoms with Crippen LogP contribution < -0.4 is 4.74 Å². The molecule has 22 heavy (non-hydrogen) atoms. The van der Waals surface area contributed by atoms with Crippen LogP contribution in [0.1, 0.15) is 27.2 Å². The number of carbonyl (C=O) groups excluding carboxylic acids is 2. The molecule has 0 saturated carbocycles. The van der Waals surface area contributed by atoms with Crippen molar-refractivity contribution in [2.24, 2.45) is 0 Å². The van der Waals surface area contributed by atoms with Crippen molar-refractivity contribution in [1.29, 1.82) is 0 Å². The van der Waals surface area contributed by atoms with Gasteiger partial charge in [-0.25, -0.2) is 9.59 Å². The summed E-state index contributed by atoms with van der Waals surface area (Å²) in [5.74, 6) is 0.151. The van der Waals surface area contributed by atoms with Crippen LogP contribution in [-0.4, -0.2) is 35.7 Å². The van der Waals surface area contributed by atoms with Crippen LogP contribution in [0.3, 0.4) is 0 Å². The molecule has 0 fully saturated rings. The lowest BCUT2D eigenvalue weighted by Crippen LogP contribution is -2.40. The van der Waals surface area contributed by atoms with Crippen LogP contribution in [0.4, 0.5) is 4.79 Å². The van der Waals surface area contributed by atoms with E-state index in [-0.39, 0.29) is 12.1 Å². The highest BCUT2D eigenvalue weighted by molar-refractivity contribution is 5.90. The molecule has 118 valence electrons. The third kappa shape index (κ3) is 4.62. The molecule has 1 heterocycles. The predicted molar refractivity (Wildman–Crippen MR) is 82.6 cm³/mol. The number of amides is 1. The Kier molecular flexibility index (Phi) is 4.85. The fourth-order valence-corrected chi connectivity index (χ4v) is 2.01. The van der Waals surface area contributed by atoms with Gasteiger partial charge in [0.1, 0.15) is 11.4 Å². The predicted octanol–water partition coefficient (Wildman–Crippen LogP) is 3.16. The maximum Gasteiger partial charge on any atom is 0.410 e. The largest absolute Gasteiger partial charge is 0.444 e. The number of carbonyl (C=O) groups is 2. The maximum absolute atomic E-state index is 12.0. The summed E-state index contributed by atoms with van der Waals surface area (Å²) in [4.78, 5) is 25.6. The molecular weight excluding hydrogens is 282 g/mol. The van der Waals surface area contributed by atoms with Crippen molar-refractivity contribution in [3.05, 3.63) is 42.0 Å². The first-order chi connectivity index (χ1) is 10.3. The number of benzene rings is 1. The molecule has 0 aromatic heterocycles. The van der Waals surface area contributed by atoms with Crippen molar-refractivity contribution in [1.82, 2.24) is 4.90 Å². The Morgan fingerprint density at radius 1 is 1.14 bits per heavy atom. The molecular formula is C17H21NO4. The quantitative estimate of drug-likeness (QED) is 0.622. The SMILES string of the molecule is CC(C)(C)OC(=O)N1CC=C(C(=O)Oc2ccccc2)CC1. The van der Waals surface area contributed by atoms with Gasteiger partial charge in [0.2, 0.25) is 0 Å². The van der Waals surface area contributed by atoms with Crippen LogP contribution in [0.5, 0.6) is 5.75 Å². The van der Waals surface area contributed by atoms with E-state index >= 15 is 0 Å². The van der Waals surface area contributed by atoms with Gasteiger partial charge >= 0.3 is 12.1 Å². The zero-order chi connectivity index (χ0) is 16.2. The minimum absolute atomic E-state index is 0.355. The van der Waals surface area contributed by atoms with Gasteiger partial charge < -0.3 is 14.4 Å². The fourth-order valence-electron chi connectivity index (χ4n) is 2.01. The summed E-state index contributed by atoms with van der Waals surface area (Å²) in [6.45, 7) is 6.28. The second-order valence-electron chi connectivity index (χ2n) is 6.11. The van der Waals surface area contributed by atoms with Crippen LogP contribution in [0.15, 0.2) is 42.0 Å². The second kappa shape index (κ2) is 6.64. The molecule has 0 bridgehead atoms. The third-order valence-corrected chi connectivity index (χ3v) is 3.08. The van der Waals surface area contributed by atoms with Crippen LogP contribution in [-0.2, 0) is 9.53 Å². The maximum atomic E-state index is 12.0. The number of para-hydroxylation sites is 1. The Morgan fingerprint density at radius 3 is 2.36 bits per heavy atom. The standard InChI is InChI=1S/C17H21NO4/c1-17(2,3)22-16(20)18-11-9-13(10-12-18)15(19)21-14-7-5-4-6-8-14/h4-9H,10-12H2,1-3H3. The molecule has 0 unspecified atom stereocenters. The van der Waals surface area contributed by atoms with E-state index in [1.807, 2.05) is 39.0 Å². The number of nitrogens with zero attached hydrogens (tertiary/aromatic N) is 1. The molecule has 5 heteroatoms. The van der Waals surface area contributed by atoms with Gasteiger partial charge in [-0.05, 0) is 39.3 Å². The van der Waals surface area contributed by atoms with Crippen LogP contribution in [0.25, 0.3) is 0 Å². The van der Waals surface area contributed by atoms with Gasteiger partial charge in [0.15, 0.2) is 0 Å². The summed E-state index contributed by atoms with van der Waals surface area (Å²) in [5.41, 5.74) is 0.0662. The van der Waals surface area contributed by atoms with Crippen LogP contribution >= 0.6 is 0 Å². The summed E-state index contributed by atoms with van der Waals surface area (Å²) < 4.78 is 10.6. The van der Waals surface area contributed by atoms with E-state index < -0.39 is 5.60 Å². The lowest BCUT2D eigenvalue weighted by Gasteiger charge is -2.29. The Balaban J connectivity index is 1.91. The van der Waals surface area contributed by atoms with E-state index in [2.05, 4.69) is 0 Å². The molecule has 1 aliphatic rings. The highest BCUT2D eigenvalue weighted by Gasteiger charge is 2.25. The molecule has 1 aromatic rings. The van der Waals surface area contributed by atoms with Crippen LogP contribution in [0.2, 0.25) is 0 Å². The van der Waals surface area contributed by atoms with Crippen molar-refractivity contribution >= 4 is 12.1 Å². The van der Waals surface area contributed by atoms with E-state index in [1.165, 1.54) is 0 Å². The fraction of sp³-hybridized carbons (Fsp3) is 0.412. The molecule has 0 radical (unpaired) electrons. The number of rotatable bonds is 2.